The van der Waals surface area contributed by atoms with Crippen LogP contribution in [0.5, 0.6) is 5.75 Å². The van der Waals surface area contributed by atoms with Gasteiger partial charge in [-0.25, -0.2) is 4.79 Å². The molecule has 23 heavy (non-hydrogen) atoms. The molecular weight excluding hydrogens is 324 g/mol. The van der Waals surface area contributed by atoms with E-state index in [1.54, 1.807) is 6.07 Å². The number of fused-ring (bicyclic) bond motifs is 1. The highest BCUT2D eigenvalue weighted by molar-refractivity contribution is 6.34. The predicted octanol–water partition coefficient (Wildman–Crippen LogP) is 1.07. The van der Waals surface area contributed by atoms with Gasteiger partial charge < -0.3 is 26.0 Å². The van der Waals surface area contributed by atoms with Crippen molar-refractivity contribution < 1.29 is 19.1 Å². The molecule has 4 amide bonds. The minimum absolute atomic E-state index is 0.0135. The summed E-state index contributed by atoms with van der Waals surface area (Å²) in [6, 6.07) is 2.52. The van der Waals surface area contributed by atoms with Crippen molar-refractivity contribution in [1.82, 2.24) is 10.6 Å². The Bertz CT molecular complexity index is 669. The number of hydrogen-bond acceptors (Lipinski definition) is 4. The zero-order valence-corrected chi connectivity index (χ0v) is 12.8. The van der Waals surface area contributed by atoms with Gasteiger partial charge in [-0.1, -0.05) is 11.6 Å². The van der Waals surface area contributed by atoms with Gasteiger partial charge >= 0.3 is 6.03 Å². The van der Waals surface area contributed by atoms with Gasteiger partial charge in [0.05, 0.1) is 16.4 Å². The Hall–Kier alpha value is -2.48. The number of nitrogens with one attached hydrogen (secondary N) is 4. The molecule has 0 aliphatic carbocycles. The first kappa shape index (κ1) is 15.4. The van der Waals surface area contributed by atoms with Crippen molar-refractivity contribution in [2.24, 2.45) is 0 Å². The minimum Gasteiger partial charge on any atom is -0.482 e. The number of carbonyl (C=O) groups excluding carboxylic acids is 3. The summed E-state index contributed by atoms with van der Waals surface area (Å²) in [4.78, 5) is 34.4. The smallest absolute Gasteiger partial charge is 0.319 e. The first-order valence-electron chi connectivity index (χ1n) is 7.11. The summed E-state index contributed by atoms with van der Waals surface area (Å²) in [5.74, 6) is 0.168. The molecule has 2 aliphatic heterocycles. The zero-order chi connectivity index (χ0) is 16.4. The molecule has 0 radical (unpaired) electrons. The number of carbonyl (C=O) groups is 3. The summed E-state index contributed by atoms with van der Waals surface area (Å²) in [6.45, 7) is 0.321. The standard InChI is InChI=1S/C14H15ClN4O4/c15-8-3-10-11(23-6-13(21)18-10)4-9(8)19-14(22)17-7-1-2-12(20)16-5-7/h3-4,7H,1-2,5-6H2,(H,16,20)(H,18,21)(H2,17,19,22)/t7-/m0/s1. The van der Waals surface area contributed by atoms with E-state index in [-0.39, 0.29) is 29.5 Å². The van der Waals surface area contributed by atoms with E-state index < -0.39 is 6.03 Å². The summed E-state index contributed by atoms with van der Waals surface area (Å²) >= 11 is 6.11. The molecule has 122 valence electrons. The normalized spacial score (nSPS) is 19.8. The number of benzene rings is 1. The molecule has 0 unspecified atom stereocenters. The van der Waals surface area contributed by atoms with E-state index in [1.165, 1.54) is 6.07 Å². The molecule has 2 aliphatic rings. The number of piperidine rings is 1. The van der Waals surface area contributed by atoms with Crippen molar-refractivity contribution in [3.05, 3.63) is 17.2 Å². The highest BCUT2D eigenvalue weighted by Crippen LogP contribution is 2.36. The van der Waals surface area contributed by atoms with Crippen LogP contribution in [-0.4, -0.2) is 37.0 Å². The number of rotatable bonds is 2. The largest absolute Gasteiger partial charge is 0.482 e. The van der Waals surface area contributed by atoms with Crippen molar-refractivity contribution >= 4 is 40.8 Å². The molecule has 0 aromatic heterocycles. The summed E-state index contributed by atoms with van der Waals surface area (Å²) in [5.41, 5.74) is 0.839. The minimum atomic E-state index is -0.423. The molecule has 9 heteroatoms. The third kappa shape index (κ3) is 3.65. The number of ether oxygens (including phenoxy) is 1. The average Bonchev–Trinajstić information content (AvgIpc) is 2.50. The average molecular weight is 339 g/mol. The SMILES string of the molecule is O=C1CC[C@H](NC(=O)Nc2cc3c(cc2Cl)NC(=O)CO3)CN1. The van der Waals surface area contributed by atoms with Gasteiger partial charge in [0.2, 0.25) is 5.91 Å². The summed E-state index contributed by atoms with van der Waals surface area (Å²) in [7, 11) is 0. The molecule has 1 aromatic rings. The number of amides is 4. The Balaban J connectivity index is 1.64. The monoisotopic (exact) mass is 338 g/mol. The van der Waals surface area contributed by atoms with Crippen molar-refractivity contribution in [2.75, 3.05) is 23.8 Å². The second-order valence-electron chi connectivity index (χ2n) is 5.30. The molecule has 1 fully saturated rings. The van der Waals surface area contributed by atoms with Crippen LogP contribution in [0.25, 0.3) is 0 Å². The van der Waals surface area contributed by atoms with Gasteiger partial charge in [-0.15, -0.1) is 0 Å². The van der Waals surface area contributed by atoms with Crippen LogP contribution < -0.4 is 26.0 Å². The lowest BCUT2D eigenvalue weighted by molar-refractivity contribution is -0.122. The predicted molar refractivity (Wildman–Crippen MR) is 83.8 cm³/mol. The van der Waals surface area contributed by atoms with Crippen molar-refractivity contribution in [3.63, 3.8) is 0 Å². The topological polar surface area (TPSA) is 109 Å². The fraction of sp³-hybridized carbons (Fsp3) is 0.357. The van der Waals surface area contributed by atoms with Gasteiger partial charge in [0, 0.05) is 25.1 Å². The fourth-order valence-electron chi connectivity index (χ4n) is 2.40. The third-order valence-corrected chi connectivity index (χ3v) is 3.86. The van der Waals surface area contributed by atoms with E-state index in [0.29, 0.717) is 36.5 Å². The van der Waals surface area contributed by atoms with E-state index in [0.717, 1.165) is 0 Å². The second-order valence-corrected chi connectivity index (χ2v) is 5.71. The lowest BCUT2D eigenvalue weighted by Gasteiger charge is -2.24. The van der Waals surface area contributed by atoms with Crippen LogP contribution in [0.3, 0.4) is 0 Å². The van der Waals surface area contributed by atoms with Crippen LogP contribution in [-0.2, 0) is 9.59 Å². The van der Waals surface area contributed by atoms with Gasteiger partial charge in [-0.05, 0) is 12.5 Å². The van der Waals surface area contributed by atoms with Gasteiger partial charge in [-0.3, -0.25) is 9.59 Å². The Morgan fingerprint density at radius 3 is 2.87 bits per heavy atom. The Labute approximate surface area is 136 Å². The van der Waals surface area contributed by atoms with E-state index in [2.05, 4.69) is 21.3 Å². The molecular formula is C14H15ClN4O4. The van der Waals surface area contributed by atoms with Crippen LogP contribution in [0.15, 0.2) is 12.1 Å². The van der Waals surface area contributed by atoms with Crippen LogP contribution in [0.4, 0.5) is 16.2 Å². The molecule has 0 bridgehead atoms. The van der Waals surface area contributed by atoms with E-state index in [1.807, 2.05) is 0 Å². The molecule has 1 atom stereocenters. The van der Waals surface area contributed by atoms with Crippen molar-refractivity contribution in [2.45, 2.75) is 18.9 Å². The van der Waals surface area contributed by atoms with Crippen LogP contribution in [0.1, 0.15) is 12.8 Å². The van der Waals surface area contributed by atoms with E-state index >= 15 is 0 Å². The maximum atomic E-state index is 12.0. The Kier molecular flexibility index (Phi) is 4.24. The lowest BCUT2D eigenvalue weighted by atomic mass is 10.1. The molecule has 1 aromatic carbocycles. The highest BCUT2D eigenvalue weighted by Gasteiger charge is 2.21. The quantitative estimate of drug-likeness (QED) is 0.646. The molecule has 2 heterocycles. The molecule has 8 nitrogen and oxygen atoms in total. The van der Waals surface area contributed by atoms with E-state index in [9.17, 15) is 14.4 Å². The maximum Gasteiger partial charge on any atom is 0.319 e. The van der Waals surface area contributed by atoms with Gasteiger partial charge in [0.25, 0.3) is 5.91 Å². The van der Waals surface area contributed by atoms with Crippen LogP contribution in [0, 0.1) is 0 Å². The summed E-state index contributed by atoms with van der Waals surface area (Å²) < 4.78 is 5.28. The molecule has 3 rings (SSSR count). The van der Waals surface area contributed by atoms with Gasteiger partial charge in [0.1, 0.15) is 5.75 Å². The fourth-order valence-corrected chi connectivity index (χ4v) is 2.61. The van der Waals surface area contributed by atoms with Crippen LogP contribution >= 0.6 is 11.6 Å². The Morgan fingerprint density at radius 1 is 1.30 bits per heavy atom. The van der Waals surface area contributed by atoms with Crippen molar-refractivity contribution in [1.29, 1.82) is 0 Å². The Morgan fingerprint density at radius 2 is 2.13 bits per heavy atom. The highest BCUT2D eigenvalue weighted by atomic mass is 35.5. The molecule has 0 saturated carbocycles. The second kappa shape index (κ2) is 6.33. The van der Waals surface area contributed by atoms with Crippen LogP contribution in [0.2, 0.25) is 5.02 Å². The van der Waals surface area contributed by atoms with E-state index in [4.69, 9.17) is 16.3 Å². The summed E-state index contributed by atoms with van der Waals surface area (Å²) in [5, 5.41) is 11.0. The molecule has 1 saturated heterocycles. The number of anilines is 2. The first-order valence-corrected chi connectivity index (χ1v) is 7.49. The summed E-state index contributed by atoms with van der Waals surface area (Å²) in [6.07, 6.45) is 0.977. The van der Waals surface area contributed by atoms with Crippen molar-refractivity contribution in [3.8, 4) is 5.75 Å². The first-order chi connectivity index (χ1) is 11.0. The molecule has 0 spiro atoms. The maximum absolute atomic E-state index is 12.0. The number of urea groups is 1. The lowest BCUT2D eigenvalue weighted by Crippen LogP contribution is -2.48. The van der Waals surface area contributed by atoms with Gasteiger partial charge in [-0.2, -0.15) is 0 Å². The zero-order valence-electron chi connectivity index (χ0n) is 12.1. The number of halogens is 1. The number of hydrogen-bond donors (Lipinski definition) is 4. The third-order valence-electron chi connectivity index (χ3n) is 3.55. The molecule has 4 N–H and O–H groups in total. The van der Waals surface area contributed by atoms with Gasteiger partial charge in [0.15, 0.2) is 6.61 Å².